The maximum absolute atomic E-state index is 12.6. The molecule has 136 valence electrons. The van der Waals surface area contributed by atoms with Gasteiger partial charge in [0.1, 0.15) is 11.6 Å². The first-order valence-corrected chi connectivity index (χ1v) is 9.80. The molecule has 1 aromatic heterocycles. The second kappa shape index (κ2) is 6.79. The van der Waals surface area contributed by atoms with E-state index in [0.717, 1.165) is 40.9 Å². The first-order valence-electron chi connectivity index (χ1n) is 8.98. The van der Waals surface area contributed by atoms with Gasteiger partial charge >= 0.3 is 0 Å². The normalized spacial score (nSPS) is 22.7. The number of benzene rings is 1. The number of fused-ring (bicyclic) bond motifs is 2. The zero-order valence-corrected chi connectivity index (χ0v) is 15.5. The van der Waals surface area contributed by atoms with Crippen molar-refractivity contribution >= 4 is 39.3 Å². The molecule has 0 spiro atoms. The molecule has 7 heteroatoms. The first kappa shape index (κ1) is 17.1. The first-order chi connectivity index (χ1) is 12.5. The van der Waals surface area contributed by atoms with E-state index < -0.39 is 0 Å². The molecule has 2 heterocycles. The zero-order chi connectivity index (χ0) is 18.3. The van der Waals surface area contributed by atoms with E-state index in [1.165, 1.54) is 4.90 Å². The molecule has 4 rings (SSSR count). The minimum atomic E-state index is -0.232. The molecule has 2 aliphatic rings. The van der Waals surface area contributed by atoms with E-state index in [1.54, 1.807) is 23.3 Å². The number of imide groups is 1. The van der Waals surface area contributed by atoms with Crippen molar-refractivity contribution in [3.8, 4) is 0 Å². The Morgan fingerprint density at radius 1 is 1.19 bits per heavy atom. The van der Waals surface area contributed by atoms with Crippen LogP contribution in [0, 0.1) is 11.8 Å². The monoisotopic (exact) mass is 371 g/mol. The minimum absolute atomic E-state index is 0.161. The molecule has 1 saturated heterocycles. The van der Waals surface area contributed by atoms with Crippen LogP contribution in [0.15, 0.2) is 24.3 Å². The van der Waals surface area contributed by atoms with E-state index in [-0.39, 0.29) is 36.1 Å². The zero-order valence-electron chi connectivity index (χ0n) is 14.7. The van der Waals surface area contributed by atoms with Gasteiger partial charge in [0.2, 0.25) is 17.7 Å². The largest absolute Gasteiger partial charge is 0.337 e. The van der Waals surface area contributed by atoms with Gasteiger partial charge in [-0.05, 0) is 25.0 Å². The molecule has 26 heavy (non-hydrogen) atoms. The van der Waals surface area contributed by atoms with Crippen LogP contribution in [0.4, 0.5) is 0 Å². The summed E-state index contributed by atoms with van der Waals surface area (Å²) in [5.41, 5.74) is 0.919. The van der Waals surface area contributed by atoms with Crippen molar-refractivity contribution in [3.63, 3.8) is 0 Å². The molecule has 6 nitrogen and oxygen atoms in total. The molecule has 0 N–H and O–H groups in total. The molecule has 2 unspecified atom stereocenters. The van der Waals surface area contributed by atoms with E-state index in [9.17, 15) is 14.4 Å². The standard InChI is InChI=1S/C19H21N3O3S/c1-21(10-16-20-14-8-4-5-9-15(14)26-16)17(23)11-22-18(24)12-6-2-3-7-13(12)19(22)25/h4-5,8-9,12-13H,2-3,6-7,10-11H2,1H3. The summed E-state index contributed by atoms with van der Waals surface area (Å²) in [5, 5.41) is 0.842. The van der Waals surface area contributed by atoms with Crippen molar-refractivity contribution in [1.29, 1.82) is 0 Å². The van der Waals surface area contributed by atoms with Gasteiger partial charge in [-0.3, -0.25) is 19.3 Å². The molecule has 1 saturated carbocycles. The van der Waals surface area contributed by atoms with Crippen molar-refractivity contribution in [2.75, 3.05) is 13.6 Å². The third-order valence-corrected chi connectivity index (χ3v) is 6.38. The van der Waals surface area contributed by atoms with Gasteiger partial charge in [-0.15, -0.1) is 11.3 Å². The summed E-state index contributed by atoms with van der Waals surface area (Å²) in [4.78, 5) is 44.8. The number of hydrogen-bond acceptors (Lipinski definition) is 5. The highest BCUT2D eigenvalue weighted by molar-refractivity contribution is 7.18. The molecule has 1 aromatic carbocycles. The van der Waals surface area contributed by atoms with Gasteiger partial charge in [0.15, 0.2) is 0 Å². The second-order valence-corrected chi connectivity index (χ2v) is 8.20. The van der Waals surface area contributed by atoms with E-state index in [1.807, 2.05) is 24.3 Å². The Kier molecular flexibility index (Phi) is 4.48. The topological polar surface area (TPSA) is 70.6 Å². The van der Waals surface area contributed by atoms with Gasteiger partial charge in [-0.2, -0.15) is 0 Å². The summed E-state index contributed by atoms with van der Waals surface area (Å²) < 4.78 is 1.08. The van der Waals surface area contributed by atoms with Crippen LogP contribution in [0.3, 0.4) is 0 Å². The van der Waals surface area contributed by atoms with Gasteiger partial charge in [0.05, 0.1) is 28.6 Å². The van der Waals surface area contributed by atoms with E-state index in [2.05, 4.69) is 4.98 Å². The molecule has 1 aliphatic heterocycles. The summed E-state index contributed by atoms with van der Waals surface area (Å²) in [7, 11) is 1.69. The highest BCUT2D eigenvalue weighted by Crippen LogP contribution is 2.37. The van der Waals surface area contributed by atoms with E-state index >= 15 is 0 Å². The average Bonchev–Trinajstić information content (AvgIpc) is 3.16. The number of likely N-dealkylation sites (N-methyl/N-ethyl adjacent to an activating group) is 1. The maximum Gasteiger partial charge on any atom is 0.242 e. The number of para-hydroxylation sites is 1. The number of thiazole rings is 1. The molecule has 0 radical (unpaired) electrons. The smallest absolute Gasteiger partial charge is 0.242 e. The lowest BCUT2D eigenvalue weighted by atomic mass is 9.81. The Bertz CT molecular complexity index is 821. The van der Waals surface area contributed by atoms with Crippen LogP contribution in [0.2, 0.25) is 0 Å². The number of carbonyl (C=O) groups is 3. The molecular formula is C19H21N3O3S. The number of hydrogen-bond donors (Lipinski definition) is 0. The number of aromatic nitrogens is 1. The molecule has 2 fully saturated rings. The van der Waals surface area contributed by atoms with Crippen LogP contribution in [-0.2, 0) is 20.9 Å². The fourth-order valence-electron chi connectivity index (χ4n) is 3.92. The molecule has 2 aromatic rings. The van der Waals surface area contributed by atoms with Gasteiger partial charge in [0, 0.05) is 7.05 Å². The maximum atomic E-state index is 12.6. The third kappa shape index (κ3) is 3.00. The third-order valence-electron chi connectivity index (χ3n) is 5.36. The number of nitrogens with zero attached hydrogens (tertiary/aromatic N) is 3. The second-order valence-electron chi connectivity index (χ2n) is 7.09. The van der Waals surface area contributed by atoms with Gasteiger partial charge in [-0.1, -0.05) is 25.0 Å². The predicted molar refractivity (Wildman–Crippen MR) is 98.3 cm³/mol. The summed E-state index contributed by atoms with van der Waals surface area (Å²) in [5.74, 6) is -0.982. The summed E-state index contributed by atoms with van der Waals surface area (Å²) >= 11 is 1.55. The number of carbonyl (C=O) groups excluding carboxylic acids is 3. The average molecular weight is 371 g/mol. The van der Waals surface area contributed by atoms with Crippen molar-refractivity contribution in [3.05, 3.63) is 29.3 Å². The molecule has 2 atom stereocenters. The van der Waals surface area contributed by atoms with Crippen molar-refractivity contribution < 1.29 is 14.4 Å². The van der Waals surface area contributed by atoms with Crippen molar-refractivity contribution in [1.82, 2.24) is 14.8 Å². The predicted octanol–water partition coefficient (Wildman–Crippen LogP) is 2.43. The van der Waals surface area contributed by atoms with E-state index in [4.69, 9.17) is 0 Å². The minimum Gasteiger partial charge on any atom is -0.337 e. The van der Waals surface area contributed by atoms with E-state index in [0.29, 0.717) is 6.54 Å². The Balaban J connectivity index is 1.42. The van der Waals surface area contributed by atoms with Crippen LogP contribution in [-0.4, -0.2) is 46.1 Å². The Morgan fingerprint density at radius 3 is 2.50 bits per heavy atom. The molecule has 1 aliphatic carbocycles. The van der Waals surface area contributed by atoms with Crippen LogP contribution < -0.4 is 0 Å². The van der Waals surface area contributed by atoms with Gasteiger partial charge < -0.3 is 4.90 Å². The lowest BCUT2D eigenvalue weighted by Gasteiger charge is -2.20. The van der Waals surface area contributed by atoms with Gasteiger partial charge in [0.25, 0.3) is 0 Å². The lowest BCUT2D eigenvalue weighted by Crippen LogP contribution is -2.41. The molecule has 3 amide bonds. The fourth-order valence-corrected chi connectivity index (χ4v) is 4.94. The summed E-state index contributed by atoms with van der Waals surface area (Å²) in [6.45, 7) is 0.216. The van der Waals surface area contributed by atoms with Crippen molar-refractivity contribution in [2.24, 2.45) is 11.8 Å². The quantitative estimate of drug-likeness (QED) is 0.774. The highest BCUT2D eigenvalue weighted by Gasteiger charge is 2.48. The SMILES string of the molecule is CN(Cc1nc2ccccc2s1)C(=O)CN1C(=O)C2CCCCC2C1=O. The van der Waals surface area contributed by atoms with Gasteiger partial charge in [-0.25, -0.2) is 4.98 Å². The number of amides is 3. The fraction of sp³-hybridized carbons (Fsp3) is 0.474. The molecule has 0 bridgehead atoms. The Morgan fingerprint density at radius 2 is 1.85 bits per heavy atom. The number of rotatable bonds is 4. The summed E-state index contributed by atoms with van der Waals surface area (Å²) in [6.07, 6.45) is 3.50. The van der Waals surface area contributed by atoms with Crippen LogP contribution in [0.25, 0.3) is 10.2 Å². The molecular weight excluding hydrogens is 350 g/mol. The van der Waals surface area contributed by atoms with Crippen LogP contribution in [0.5, 0.6) is 0 Å². The number of likely N-dealkylation sites (tertiary alicyclic amines) is 1. The Labute approximate surface area is 155 Å². The Hall–Kier alpha value is -2.28. The van der Waals surface area contributed by atoms with Crippen molar-refractivity contribution in [2.45, 2.75) is 32.2 Å². The van der Waals surface area contributed by atoms with Crippen LogP contribution >= 0.6 is 11.3 Å². The van der Waals surface area contributed by atoms with Crippen LogP contribution in [0.1, 0.15) is 30.7 Å². The summed E-state index contributed by atoms with van der Waals surface area (Å²) in [6, 6.07) is 7.84. The highest BCUT2D eigenvalue weighted by atomic mass is 32.1. The lowest BCUT2D eigenvalue weighted by molar-refractivity contribution is -0.146.